The Labute approximate surface area is 54.0 Å². The van der Waals surface area contributed by atoms with Crippen molar-refractivity contribution in [1.29, 1.82) is 0 Å². The van der Waals surface area contributed by atoms with Crippen molar-refractivity contribution in [2.45, 2.75) is 12.5 Å². The van der Waals surface area contributed by atoms with Crippen molar-refractivity contribution in [3.8, 4) is 0 Å². The van der Waals surface area contributed by atoms with E-state index >= 15 is 0 Å². The average molecular weight is 131 g/mol. The molecule has 0 heterocycles. The zero-order valence-electron chi connectivity index (χ0n) is 4.50. The molecule has 0 spiro atoms. The van der Waals surface area contributed by atoms with Crippen molar-refractivity contribution >= 4 is 17.2 Å². The number of rotatable bonds is 3. The van der Waals surface area contributed by atoms with Gasteiger partial charge in [-0.3, -0.25) is 0 Å². The lowest BCUT2D eigenvalue weighted by molar-refractivity contribution is 0.232. The first-order chi connectivity index (χ1) is 3.66. The molecule has 0 radical (unpaired) electrons. The fourth-order valence-corrected chi connectivity index (χ4v) is 0.460. The second kappa shape index (κ2) is 3.57. The lowest BCUT2D eigenvalue weighted by Crippen LogP contribution is -2.15. The Kier molecular flexibility index (Phi) is 3.39. The molecule has 2 nitrogen and oxygen atoms in total. The first-order valence-electron chi connectivity index (χ1n) is 2.25. The van der Waals surface area contributed by atoms with E-state index in [1.165, 1.54) is 6.08 Å². The van der Waals surface area contributed by atoms with E-state index in [2.05, 4.69) is 18.8 Å². The number of aliphatic hydroxyl groups is 1. The molecular weight excluding hydrogens is 122 g/mol. The van der Waals surface area contributed by atoms with Gasteiger partial charge < -0.3 is 10.8 Å². The lowest BCUT2D eigenvalue weighted by Gasteiger charge is -1.99. The van der Waals surface area contributed by atoms with Crippen LogP contribution in [0.4, 0.5) is 0 Å². The van der Waals surface area contributed by atoms with Crippen molar-refractivity contribution in [2.24, 2.45) is 5.73 Å². The minimum absolute atomic E-state index is 0.317. The highest BCUT2D eigenvalue weighted by Gasteiger charge is 1.97. The maximum atomic E-state index is 8.74. The summed E-state index contributed by atoms with van der Waals surface area (Å²) in [6.07, 6.45) is 1.16. The van der Waals surface area contributed by atoms with Crippen LogP contribution in [0.25, 0.3) is 0 Å². The molecule has 0 aromatic carbocycles. The highest BCUT2D eigenvalue weighted by atomic mass is 32.1. The van der Waals surface area contributed by atoms with Gasteiger partial charge in [-0.1, -0.05) is 18.3 Å². The van der Waals surface area contributed by atoms with E-state index in [0.717, 1.165) is 0 Å². The monoisotopic (exact) mass is 131 g/mol. The first-order valence-corrected chi connectivity index (χ1v) is 2.66. The summed E-state index contributed by atoms with van der Waals surface area (Å²) in [5, 5.41) is 8.74. The largest absolute Gasteiger partial charge is 0.393 e. The molecule has 0 saturated heterocycles. The molecule has 0 fully saturated rings. The number of hydrogen-bond acceptors (Lipinski definition) is 2. The van der Waals surface area contributed by atoms with E-state index in [1.54, 1.807) is 0 Å². The van der Waals surface area contributed by atoms with Crippen molar-refractivity contribution in [1.82, 2.24) is 0 Å². The van der Waals surface area contributed by atoms with Gasteiger partial charge in [0.1, 0.15) is 0 Å². The molecule has 0 unspecified atom stereocenters. The molecule has 0 rings (SSSR count). The Balaban J connectivity index is 3.38. The summed E-state index contributed by atoms with van der Waals surface area (Å²) >= 11 is 4.51. The lowest BCUT2D eigenvalue weighted by atomic mass is 10.2. The van der Waals surface area contributed by atoms with Gasteiger partial charge in [-0.2, -0.15) is 0 Å². The molecule has 1 atom stereocenters. The molecular formula is C5H9NOS. The molecule has 0 aromatic rings. The SMILES string of the molecule is C=C[C@H](O)CC(N)=S. The van der Waals surface area contributed by atoms with E-state index in [4.69, 9.17) is 10.8 Å². The third-order valence-corrected chi connectivity index (χ3v) is 0.849. The molecule has 8 heavy (non-hydrogen) atoms. The zero-order valence-corrected chi connectivity index (χ0v) is 5.32. The predicted molar refractivity (Wildman–Crippen MR) is 37.6 cm³/mol. The highest BCUT2D eigenvalue weighted by molar-refractivity contribution is 7.80. The second-order valence-corrected chi connectivity index (χ2v) is 2.00. The molecule has 46 valence electrons. The first kappa shape index (κ1) is 7.59. The Morgan fingerprint density at radius 3 is 2.62 bits per heavy atom. The maximum Gasteiger partial charge on any atom is 0.0781 e. The maximum absolute atomic E-state index is 8.74. The third kappa shape index (κ3) is 3.77. The molecule has 3 heteroatoms. The van der Waals surface area contributed by atoms with Crippen LogP contribution < -0.4 is 5.73 Å². The van der Waals surface area contributed by atoms with Crippen LogP contribution in [0.2, 0.25) is 0 Å². The third-order valence-electron chi connectivity index (χ3n) is 0.682. The summed E-state index contributed by atoms with van der Waals surface area (Å²) in [5.74, 6) is 0. The van der Waals surface area contributed by atoms with Crippen LogP contribution in [0.15, 0.2) is 12.7 Å². The van der Waals surface area contributed by atoms with E-state index in [1.807, 2.05) is 0 Å². The predicted octanol–water partition coefficient (Wildman–Crippen LogP) is 0.210. The van der Waals surface area contributed by atoms with Crippen LogP contribution in [0.5, 0.6) is 0 Å². The van der Waals surface area contributed by atoms with Crippen molar-refractivity contribution < 1.29 is 5.11 Å². The number of hydrogen-bond donors (Lipinski definition) is 2. The van der Waals surface area contributed by atoms with Gasteiger partial charge in [0, 0.05) is 6.42 Å². The Morgan fingerprint density at radius 1 is 2.00 bits per heavy atom. The molecule has 0 bridgehead atoms. The molecule has 3 N–H and O–H groups in total. The zero-order chi connectivity index (χ0) is 6.57. The van der Waals surface area contributed by atoms with Gasteiger partial charge in [-0.25, -0.2) is 0 Å². The van der Waals surface area contributed by atoms with E-state index in [0.29, 0.717) is 11.4 Å². The van der Waals surface area contributed by atoms with Gasteiger partial charge in [0.2, 0.25) is 0 Å². The van der Waals surface area contributed by atoms with E-state index in [-0.39, 0.29) is 0 Å². The van der Waals surface area contributed by atoms with Gasteiger partial charge in [-0.05, 0) is 0 Å². The van der Waals surface area contributed by atoms with Crippen molar-refractivity contribution in [3.05, 3.63) is 12.7 Å². The fraction of sp³-hybridized carbons (Fsp3) is 0.400. The summed E-state index contributed by atoms with van der Waals surface area (Å²) in [7, 11) is 0. The quantitative estimate of drug-likeness (QED) is 0.425. The summed E-state index contributed by atoms with van der Waals surface area (Å²) in [4.78, 5) is 0.317. The Morgan fingerprint density at radius 2 is 2.50 bits per heavy atom. The second-order valence-electron chi connectivity index (χ2n) is 1.47. The molecule has 0 aliphatic carbocycles. The normalized spacial score (nSPS) is 12.6. The molecule has 0 amide bonds. The van der Waals surface area contributed by atoms with Crippen LogP contribution in [0.1, 0.15) is 6.42 Å². The van der Waals surface area contributed by atoms with Crippen LogP contribution in [0, 0.1) is 0 Å². The molecule has 0 aliphatic heterocycles. The van der Waals surface area contributed by atoms with Crippen LogP contribution in [0.3, 0.4) is 0 Å². The standard InChI is InChI=1S/C5H9NOS/c1-2-4(7)3-5(6)8/h2,4,7H,1,3H2,(H2,6,8)/t4-/m0/s1. The van der Waals surface area contributed by atoms with E-state index < -0.39 is 6.10 Å². The van der Waals surface area contributed by atoms with Gasteiger partial charge >= 0.3 is 0 Å². The van der Waals surface area contributed by atoms with Crippen molar-refractivity contribution in [2.75, 3.05) is 0 Å². The number of nitrogens with two attached hydrogens (primary N) is 1. The number of thiocarbonyl (C=S) groups is 1. The van der Waals surface area contributed by atoms with Crippen molar-refractivity contribution in [3.63, 3.8) is 0 Å². The van der Waals surface area contributed by atoms with E-state index in [9.17, 15) is 0 Å². The Bertz CT molecular complexity index is 103. The highest BCUT2D eigenvalue weighted by Crippen LogP contribution is 1.90. The number of aliphatic hydroxyl groups excluding tert-OH is 1. The summed E-state index contributed by atoms with van der Waals surface area (Å²) < 4.78 is 0. The summed E-state index contributed by atoms with van der Waals surface area (Å²) in [6, 6.07) is 0. The Hall–Kier alpha value is -0.410. The van der Waals surface area contributed by atoms with Gasteiger partial charge in [0.15, 0.2) is 0 Å². The minimum atomic E-state index is -0.576. The molecule has 0 aromatic heterocycles. The van der Waals surface area contributed by atoms with Crippen LogP contribution >= 0.6 is 12.2 Å². The average Bonchev–Trinajstić information content (AvgIpc) is 1.65. The van der Waals surface area contributed by atoms with Crippen LogP contribution in [-0.2, 0) is 0 Å². The van der Waals surface area contributed by atoms with Crippen LogP contribution in [-0.4, -0.2) is 16.2 Å². The summed E-state index contributed by atoms with van der Waals surface area (Å²) in [5.41, 5.74) is 5.09. The topological polar surface area (TPSA) is 46.2 Å². The fourth-order valence-electron chi connectivity index (χ4n) is 0.289. The minimum Gasteiger partial charge on any atom is -0.393 e. The molecule has 0 saturated carbocycles. The van der Waals surface area contributed by atoms with Gasteiger partial charge in [-0.15, -0.1) is 6.58 Å². The smallest absolute Gasteiger partial charge is 0.0781 e. The molecule has 0 aliphatic rings. The van der Waals surface area contributed by atoms with Gasteiger partial charge in [0.05, 0.1) is 11.1 Å². The summed E-state index contributed by atoms with van der Waals surface area (Å²) in [6.45, 7) is 3.35. The van der Waals surface area contributed by atoms with Gasteiger partial charge in [0.25, 0.3) is 0 Å².